The minimum absolute atomic E-state index is 0.392. The second-order valence-electron chi connectivity index (χ2n) is 2.38. The number of hydrogen-bond acceptors (Lipinski definition) is 5. The van der Waals surface area contributed by atoms with Crippen LogP contribution in [0.4, 0.5) is 0 Å². The Kier molecular flexibility index (Phi) is 2.66. The summed E-state index contributed by atoms with van der Waals surface area (Å²) in [7, 11) is 1.09. The van der Waals surface area contributed by atoms with Crippen molar-refractivity contribution in [2.24, 2.45) is 0 Å². The first-order valence-electron chi connectivity index (χ1n) is 3.56. The van der Waals surface area contributed by atoms with Crippen LogP contribution in [0.25, 0.3) is 0 Å². The fourth-order valence-corrected chi connectivity index (χ4v) is 0.928. The van der Waals surface area contributed by atoms with Crippen molar-refractivity contribution in [2.45, 2.75) is 0 Å². The molecule has 6 heteroatoms. The standard InChI is InChI=1S/C8H7NO5/c1-14-8(13)6-4(7(11)12)2-9-3-5(6)10/h2-3,10H,1H3,(H,11,12). The first-order chi connectivity index (χ1) is 6.57. The summed E-state index contributed by atoms with van der Waals surface area (Å²) in [5, 5.41) is 17.9. The maximum Gasteiger partial charge on any atom is 0.342 e. The molecular weight excluding hydrogens is 190 g/mol. The van der Waals surface area contributed by atoms with Crippen LogP contribution in [0.5, 0.6) is 5.75 Å². The summed E-state index contributed by atoms with van der Waals surface area (Å²) < 4.78 is 4.32. The second-order valence-corrected chi connectivity index (χ2v) is 2.38. The predicted molar refractivity (Wildman–Crippen MR) is 44.2 cm³/mol. The number of carboxylic acid groups (broad SMARTS) is 1. The number of hydrogen-bond donors (Lipinski definition) is 2. The molecule has 1 rings (SSSR count). The highest BCUT2D eigenvalue weighted by Crippen LogP contribution is 2.20. The van der Waals surface area contributed by atoms with Crippen molar-refractivity contribution >= 4 is 11.9 Å². The maximum atomic E-state index is 11.1. The molecule has 0 saturated heterocycles. The maximum absolute atomic E-state index is 11.1. The van der Waals surface area contributed by atoms with Crippen LogP contribution in [0.2, 0.25) is 0 Å². The molecule has 0 fully saturated rings. The van der Waals surface area contributed by atoms with Crippen LogP contribution in [0, 0.1) is 0 Å². The molecule has 0 atom stereocenters. The topological polar surface area (TPSA) is 96.7 Å². The van der Waals surface area contributed by atoms with Gasteiger partial charge in [0.1, 0.15) is 11.3 Å². The van der Waals surface area contributed by atoms with Crippen LogP contribution in [0.3, 0.4) is 0 Å². The van der Waals surface area contributed by atoms with Gasteiger partial charge in [-0.2, -0.15) is 0 Å². The largest absolute Gasteiger partial charge is 0.505 e. The highest BCUT2D eigenvalue weighted by atomic mass is 16.5. The molecule has 1 aromatic heterocycles. The lowest BCUT2D eigenvalue weighted by Gasteiger charge is -2.04. The zero-order valence-corrected chi connectivity index (χ0v) is 7.22. The molecule has 14 heavy (non-hydrogen) atoms. The van der Waals surface area contributed by atoms with Gasteiger partial charge < -0.3 is 14.9 Å². The van der Waals surface area contributed by atoms with Gasteiger partial charge in [0.15, 0.2) is 0 Å². The molecular formula is C8H7NO5. The fourth-order valence-electron chi connectivity index (χ4n) is 0.928. The van der Waals surface area contributed by atoms with E-state index in [2.05, 4.69) is 9.72 Å². The average molecular weight is 197 g/mol. The van der Waals surface area contributed by atoms with E-state index in [-0.39, 0.29) is 0 Å². The van der Waals surface area contributed by atoms with Crippen LogP contribution in [-0.4, -0.2) is 34.2 Å². The van der Waals surface area contributed by atoms with E-state index in [9.17, 15) is 14.7 Å². The van der Waals surface area contributed by atoms with Gasteiger partial charge in [-0.15, -0.1) is 0 Å². The number of carboxylic acids is 1. The van der Waals surface area contributed by atoms with Gasteiger partial charge >= 0.3 is 11.9 Å². The molecule has 1 aromatic rings. The molecule has 0 amide bonds. The van der Waals surface area contributed by atoms with Crippen LogP contribution in [0.15, 0.2) is 12.4 Å². The smallest absolute Gasteiger partial charge is 0.342 e. The summed E-state index contributed by atoms with van der Waals surface area (Å²) in [6.45, 7) is 0. The van der Waals surface area contributed by atoms with Crippen molar-refractivity contribution in [2.75, 3.05) is 7.11 Å². The van der Waals surface area contributed by atoms with E-state index in [0.29, 0.717) is 0 Å². The number of esters is 1. The van der Waals surface area contributed by atoms with Crippen LogP contribution in [-0.2, 0) is 4.74 Å². The summed E-state index contributed by atoms with van der Waals surface area (Å²) >= 11 is 0. The molecule has 0 radical (unpaired) electrons. The third kappa shape index (κ3) is 1.63. The van der Waals surface area contributed by atoms with Gasteiger partial charge in [0.2, 0.25) is 0 Å². The third-order valence-electron chi connectivity index (χ3n) is 1.55. The van der Waals surface area contributed by atoms with Gasteiger partial charge in [-0.05, 0) is 0 Å². The summed E-state index contributed by atoms with van der Waals surface area (Å²) in [6.07, 6.45) is 1.94. The summed E-state index contributed by atoms with van der Waals surface area (Å²) in [5.74, 6) is -2.78. The first kappa shape index (κ1) is 9.97. The Hall–Kier alpha value is -2.11. The van der Waals surface area contributed by atoms with Crippen LogP contribution in [0.1, 0.15) is 20.7 Å². The van der Waals surface area contributed by atoms with E-state index in [1.807, 2.05) is 0 Å². The van der Waals surface area contributed by atoms with Gasteiger partial charge in [0.25, 0.3) is 0 Å². The van der Waals surface area contributed by atoms with Crippen molar-refractivity contribution in [3.8, 4) is 5.75 Å². The molecule has 0 bridgehead atoms. The number of pyridine rings is 1. The third-order valence-corrected chi connectivity index (χ3v) is 1.55. The van der Waals surface area contributed by atoms with Crippen LogP contribution >= 0.6 is 0 Å². The number of carbonyl (C=O) groups is 2. The second kappa shape index (κ2) is 3.73. The number of aromatic nitrogens is 1. The number of carbonyl (C=O) groups excluding carboxylic acids is 1. The molecule has 0 aliphatic heterocycles. The Morgan fingerprint density at radius 3 is 2.57 bits per heavy atom. The lowest BCUT2D eigenvalue weighted by molar-refractivity contribution is 0.0578. The molecule has 74 valence electrons. The van der Waals surface area contributed by atoms with Crippen molar-refractivity contribution in [1.82, 2.24) is 4.98 Å². The molecule has 1 heterocycles. The van der Waals surface area contributed by atoms with Crippen molar-refractivity contribution in [1.29, 1.82) is 0 Å². The van der Waals surface area contributed by atoms with E-state index in [1.165, 1.54) is 0 Å². The molecule has 0 unspecified atom stereocenters. The number of ether oxygens (including phenoxy) is 1. The highest BCUT2D eigenvalue weighted by Gasteiger charge is 2.21. The van der Waals surface area contributed by atoms with Gasteiger partial charge in [-0.1, -0.05) is 0 Å². The molecule has 0 spiro atoms. The van der Waals surface area contributed by atoms with Gasteiger partial charge in [0, 0.05) is 6.20 Å². The average Bonchev–Trinajstić information content (AvgIpc) is 2.16. The van der Waals surface area contributed by atoms with Crippen molar-refractivity contribution in [3.05, 3.63) is 23.5 Å². The Balaban J connectivity index is 3.36. The minimum Gasteiger partial charge on any atom is -0.505 e. The molecule has 0 aromatic carbocycles. The van der Waals surface area contributed by atoms with E-state index in [4.69, 9.17) is 5.11 Å². The number of nitrogens with zero attached hydrogens (tertiary/aromatic N) is 1. The number of rotatable bonds is 2. The highest BCUT2D eigenvalue weighted by molar-refractivity contribution is 6.03. The SMILES string of the molecule is COC(=O)c1c(O)cncc1C(=O)O. The van der Waals surface area contributed by atoms with E-state index in [0.717, 1.165) is 19.5 Å². The monoisotopic (exact) mass is 197 g/mol. The predicted octanol–water partition coefficient (Wildman–Crippen LogP) is 0.272. The van der Waals surface area contributed by atoms with E-state index >= 15 is 0 Å². The van der Waals surface area contributed by atoms with E-state index in [1.54, 1.807) is 0 Å². The van der Waals surface area contributed by atoms with Crippen molar-refractivity contribution in [3.63, 3.8) is 0 Å². The number of aromatic hydroxyl groups is 1. The zero-order valence-electron chi connectivity index (χ0n) is 7.22. The van der Waals surface area contributed by atoms with E-state index < -0.39 is 28.8 Å². The lowest BCUT2D eigenvalue weighted by atomic mass is 10.1. The van der Waals surface area contributed by atoms with Crippen LogP contribution < -0.4 is 0 Å². The van der Waals surface area contributed by atoms with Gasteiger partial charge in [-0.3, -0.25) is 4.98 Å². The summed E-state index contributed by atoms with van der Waals surface area (Å²) in [5.41, 5.74) is -0.785. The quantitative estimate of drug-likeness (QED) is 0.660. The number of methoxy groups -OCH3 is 1. The fraction of sp³-hybridized carbons (Fsp3) is 0.125. The Bertz CT molecular complexity index is 387. The van der Waals surface area contributed by atoms with Crippen molar-refractivity contribution < 1.29 is 24.5 Å². The summed E-state index contributed by atoms with van der Waals surface area (Å²) in [6, 6.07) is 0. The van der Waals surface area contributed by atoms with Gasteiger partial charge in [-0.25, -0.2) is 9.59 Å². The molecule has 0 aliphatic carbocycles. The summed E-state index contributed by atoms with van der Waals surface area (Å²) in [4.78, 5) is 25.2. The first-order valence-corrected chi connectivity index (χ1v) is 3.56. The minimum atomic E-state index is -1.35. The molecule has 2 N–H and O–H groups in total. The molecule has 6 nitrogen and oxygen atoms in total. The molecule has 0 saturated carbocycles. The number of aromatic carboxylic acids is 1. The Morgan fingerprint density at radius 2 is 2.07 bits per heavy atom. The Morgan fingerprint density at radius 1 is 1.43 bits per heavy atom. The Labute approximate surface area is 78.8 Å². The zero-order chi connectivity index (χ0) is 10.7. The normalized spacial score (nSPS) is 9.50. The van der Waals surface area contributed by atoms with Gasteiger partial charge in [0.05, 0.1) is 18.9 Å². The molecule has 0 aliphatic rings. The lowest BCUT2D eigenvalue weighted by Crippen LogP contribution is -2.10.